The monoisotopic (exact) mass is 407 g/mol. The van der Waals surface area contributed by atoms with E-state index in [2.05, 4.69) is 25.7 Å². The van der Waals surface area contributed by atoms with Gasteiger partial charge in [-0.25, -0.2) is 8.78 Å². The molecule has 2 heterocycles. The summed E-state index contributed by atoms with van der Waals surface area (Å²) in [7, 11) is 0. The SMILES string of the molecule is O=C(Nc1ccnnc1)c1cc(-c2cn[nH]c2)ccc1OCc1ccc(F)c(F)c1. The van der Waals surface area contributed by atoms with Crippen molar-refractivity contribution < 1.29 is 18.3 Å². The summed E-state index contributed by atoms with van der Waals surface area (Å²) in [6.45, 7) is -0.0423. The molecule has 0 unspecified atom stereocenters. The second-order valence-electron chi connectivity index (χ2n) is 6.32. The highest BCUT2D eigenvalue weighted by molar-refractivity contribution is 6.06. The lowest BCUT2D eigenvalue weighted by molar-refractivity contribution is 0.102. The highest BCUT2D eigenvalue weighted by atomic mass is 19.2. The van der Waals surface area contributed by atoms with Crippen molar-refractivity contribution in [3.63, 3.8) is 0 Å². The Balaban J connectivity index is 1.62. The molecule has 30 heavy (non-hydrogen) atoms. The van der Waals surface area contributed by atoms with Crippen LogP contribution in [0.15, 0.2) is 67.3 Å². The summed E-state index contributed by atoms with van der Waals surface area (Å²) in [4.78, 5) is 12.9. The van der Waals surface area contributed by atoms with Gasteiger partial charge in [-0.3, -0.25) is 9.89 Å². The van der Waals surface area contributed by atoms with E-state index in [4.69, 9.17) is 4.74 Å². The number of hydrogen-bond donors (Lipinski definition) is 2. The van der Waals surface area contributed by atoms with Crippen LogP contribution in [-0.4, -0.2) is 26.3 Å². The van der Waals surface area contributed by atoms with Crippen LogP contribution in [0.25, 0.3) is 11.1 Å². The largest absolute Gasteiger partial charge is 0.488 e. The van der Waals surface area contributed by atoms with Crippen molar-refractivity contribution in [2.75, 3.05) is 5.32 Å². The Kier molecular flexibility index (Phi) is 5.42. The van der Waals surface area contributed by atoms with Crippen LogP contribution in [-0.2, 0) is 6.61 Å². The molecule has 0 aliphatic heterocycles. The minimum Gasteiger partial charge on any atom is -0.488 e. The molecule has 4 aromatic rings. The van der Waals surface area contributed by atoms with Crippen molar-refractivity contribution in [3.8, 4) is 16.9 Å². The van der Waals surface area contributed by atoms with Crippen molar-refractivity contribution in [2.45, 2.75) is 6.61 Å². The van der Waals surface area contributed by atoms with Gasteiger partial charge in [0.05, 0.1) is 29.8 Å². The zero-order valence-electron chi connectivity index (χ0n) is 15.5. The van der Waals surface area contributed by atoms with Crippen molar-refractivity contribution in [1.82, 2.24) is 20.4 Å². The number of aromatic amines is 1. The summed E-state index contributed by atoms with van der Waals surface area (Å²) in [5.41, 5.74) is 2.70. The first-order valence-electron chi connectivity index (χ1n) is 8.88. The van der Waals surface area contributed by atoms with E-state index in [1.165, 1.54) is 18.5 Å². The number of halogens is 2. The van der Waals surface area contributed by atoms with Gasteiger partial charge in [-0.2, -0.15) is 15.3 Å². The average molecular weight is 407 g/mol. The number of benzene rings is 2. The van der Waals surface area contributed by atoms with E-state index in [9.17, 15) is 13.6 Å². The zero-order chi connectivity index (χ0) is 20.9. The predicted molar refractivity (Wildman–Crippen MR) is 105 cm³/mol. The van der Waals surface area contributed by atoms with Crippen LogP contribution in [0.1, 0.15) is 15.9 Å². The third-order valence-electron chi connectivity index (χ3n) is 4.28. The lowest BCUT2D eigenvalue weighted by Gasteiger charge is -2.13. The number of rotatable bonds is 6. The van der Waals surface area contributed by atoms with Gasteiger partial charge in [-0.05, 0) is 41.5 Å². The van der Waals surface area contributed by atoms with Gasteiger partial charge in [0, 0.05) is 11.8 Å². The van der Waals surface area contributed by atoms with E-state index in [0.717, 1.165) is 23.3 Å². The van der Waals surface area contributed by atoms with Crippen LogP contribution in [0.4, 0.5) is 14.5 Å². The maximum atomic E-state index is 13.5. The standard InChI is InChI=1S/C21H15F2N5O2/c22-18-3-1-13(7-19(18)23)12-30-20-4-2-14(15-9-25-26-10-15)8-17(20)21(29)28-16-5-6-24-27-11-16/h1-11H,12H2,(H,25,26)(H,24,28,29). The Morgan fingerprint density at radius 3 is 2.63 bits per heavy atom. The van der Waals surface area contributed by atoms with Crippen LogP contribution < -0.4 is 10.1 Å². The molecule has 2 aromatic carbocycles. The van der Waals surface area contributed by atoms with Crippen LogP contribution in [0.3, 0.4) is 0 Å². The first kappa shape index (κ1) is 19.2. The fourth-order valence-electron chi connectivity index (χ4n) is 2.78. The summed E-state index contributed by atoms with van der Waals surface area (Å²) in [5.74, 6) is -2.04. The highest BCUT2D eigenvalue weighted by Gasteiger charge is 2.16. The fourth-order valence-corrected chi connectivity index (χ4v) is 2.78. The Hall–Kier alpha value is -4.14. The summed E-state index contributed by atoms with van der Waals surface area (Å²) >= 11 is 0. The van der Waals surface area contributed by atoms with Crippen LogP contribution in [0.5, 0.6) is 5.75 Å². The number of carbonyl (C=O) groups excluding carboxylic acids is 1. The van der Waals surface area contributed by atoms with Crippen molar-refractivity contribution >= 4 is 11.6 Å². The van der Waals surface area contributed by atoms with Gasteiger partial charge in [0.1, 0.15) is 12.4 Å². The summed E-state index contributed by atoms with van der Waals surface area (Å²) in [6, 6.07) is 10.2. The van der Waals surface area contributed by atoms with E-state index in [1.54, 1.807) is 36.7 Å². The molecule has 0 radical (unpaired) electrons. The molecule has 2 N–H and O–H groups in total. The smallest absolute Gasteiger partial charge is 0.259 e. The molecule has 7 nitrogen and oxygen atoms in total. The number of hydrogen-bond acceptors (Lipinski definition) is 5. The Labute approximate surface area is 169 Å². The fraction of sp³-hybridized carbons (Fsp3) is 0.0476. The first-order valence-corrected chi connectivity index (χ1v) is 8.88. The molecular weight excluding hydrogens is 392 g/mol. The molecule has 0 saturated carbocycles. The molecule has 2 aromatic heterocycles. The Morgan fingerprint density at radius 2 is 1.90 bits per heavy atom. The third-order valence-corrected chi connectivity index (χ3v) is 4.28. The van der Waals surface area contributed by atoms with Gasteiger partial charge in [0.15, 0.2) is 11.6 Å². The molecule has 150 valence electrons. The normalized spacial score (nSPS) is 10.6. The second-order valence-corrected chi connectivity index (χ2v) is 6.32. The lowest BCUT2D eigenvalue weighted by Crippen LogP contribution is -2.14. The molecule has 0 spiro atoms. The van der Waals surface area contributed by atoms with Gasteiger partial charge < -0.3 is 10.1 Å². The first-order chi connectivity index (χ1) is 14.6. The minimum absolute atomic E-state index is 0.0423. The maximum absolute atomic E-state index is 13.5. The molecule has 9 heteroatoms. The number of amides is 1. The molecule has 0 saturated heterocycles. The second kappa shape index (κ2) is 8.48. The van der Waals surface area contributed by atoms with Crippen molar-refractivity contribution in [3.05, 3.63) is 90.0 Å². The molecule has 0 fully saturated rings. The molecule has 1 amide bonds. The van der Waals surface area contributed by atoms with E-state index in [1.807, 2.05) is 0 Å². The van der Waals surface area contributed by atoms with E-state index in [-0.39, 0.29) is 17.9 Å². The van der Waals surface area contributed by atoms with Crippen LogP contribution >= 0.6 is 0 Å². The van der Waals surface area contributed by atoms with Gasteiger partial charge >= 0.3 is 0 Å². The molecular formula is C21H15F2N5O2. The topological polar surface area (TPSA) is 92.8 Å². The van der Waals surface area contributed by atoms with E-state index < -0.39 is 17.5 Å². The number of nitrogens with zero attached hydrogens (tertiary/aromatic N) is 3. The number of ether oxygens (including phenoxy) is 1. The number of anilines is 1. The van der Waals surface area contributed by atoms with Gasteiger partial charge in [0.2, 0.25) is 0 Å². The molecule has 0 atom stereocenters. The quantitative estimate of drug-likeness (QED) is 0.504. The molecule has 0 aliphatic rings. The summed E-state index contributed by atoms with van der Waals surface area (Å²) < 4.78 is 32.3. The number of aromatic nitrogens is 4. The molecule has 4 rings (SSSR count). The Morgan fingerprint density at radius 1 is 1.00 bits per heavy atom. The van der Waals surface area contributed by atoms with Crippen LogP contribution in [0, 0.1) is 11.6 Å². The number of carbonyl (C=O) groups is 1. The van der Waals surface area contributed by atoms with E-state index >= 15 is 0 Å². The van der Waals surface area contributed by atoms with Gasteiger partial charge in [0.25, 0.3) is 5.91 Å². The van der Waals surface area contributed by atoms with Crippen molar-refractivity contribution in [2.24, 2.45) is 0 Å². The van der Waals surface area contributed by atoms with Crippen molar-refractivity contribution in [1.29, 1.82) is 0 Å². The van der Waals surface area contributed by atoms with Gasteiger partial charge in [-0.15, -0.1) is 0 Å². The zero-order valence-corrected chi connectivity index (χ0v) is 15.5. The van der Waals surface area contributed by atoms with Gasteiger partial charge in [-0.1, -0.05) is 12.1 Å². The van der Waals surface area contributed by atoms with E-state index in [0.29, 0.717) is 11.3 Å². The highest BCUT2D eigenvalue weighted by Crippen LogP contribution is 2.28. The maximum Gasteiger partial charge on any atom is 0.259 e. The third kappa shape index (κ3) is 4.30. The molecule has 0 aliphatic carbocycles. The lowest BCUT2D eigenvalue weighted by atomic mass is 10.0. The summed E-state index contributed by atoms with van der Waals surface area (Å²) in [5, 5.41) is 16.8. The summed E-state index contributed by atoms with van der Waals surface area (Å²) in [6.07, 6.45) is 6.20. The minimum atomic E-state index is -0.963. The van der Waals surface area contributed by atoms with Crippen LogP contribution in [0.2, 0.25) is 0 Å². The Bertz CT molecular complexity index is 1170. The number of nitrogens with one attached hydrogen (secondary N) is 2. The number of H-pyrrole nitrogens is 1. The predicted octanol–water partition coefficient (Wildman–Crippen LogP) is 3.98. The average Bonchev–Trinajstić information content (AvgIpc) is 3.30. The molecule has 0 bridgehead atoms.